The monoisotopic (exact) mass is 440 g/mol. The Bertz CT molecular complexity index is 827. The van der Waals surface area contributed by atoms with E-state index in [9.17, 15) is 14.9 Å². The fraction of sp³-hybridized carbons (Fsp3) is 0.278. The molecule has 0 aliphatic rings. The average molecular weight is 442 g/mol. The van der Waals surface area contributed by atoms with Crippen LogP contribution in [0.4, 0.5) is 11.4 Å². The zero-order valence-corrected chi connectivity index (χ0v) is 16.6. The maximum atomic E-state index is 12.4. The van der Waals surface area contributed by atoms with Gasteiger partial charge < -0.3 is 10.1 Å². The lowest BCUT2D eigenvalue weighted by molar-refractivity contribution is -0.384. The van der Waals surface area contributed by atoms with Crippen molar-refractivity contribution in [2.75, 3.05) is 11.9 Å². The molecule has 0 radical (unpaired) electrons. The third-order valence-corrected chi connectivity index (χ3v) is 4.49. The Balaban J connectivity index is 2.09. The van der Waals surface area contributed by atoms with Gasteiger partial charge in [-0.2, -0.15) is 0 Å². The molecule has 0 saturated heterocycles. The molecule has 2 aromatic carbocycles. The number of ether oxygens (including phenoxy) is 1. The highest BCUT2D eigenvalue weighted by atomic mass is 79.9. The van der Waals surface area contributed by atoms with Crippen LogP contribution in [0.1, 0.15) is 30.6 Å². The first-order valence-corrected chi connectivity index (χ1v) is 9.12. The first-order valence-electron chi connectivity index (χ1n) is 7.95. The number of rotatable bonds is 7. The van der Waals surface area contributed by atoms with Crippen molar-refractivity contribution in [1.82, 2.24) is 0 Å². The fourth-order valence-corrected chi connectivity index (χ4v) is 2.78. The maximum absolute atomic E-state index is 12.4. The van der Waals surface area contributed by atoms with Crippen LogP contribution in [0.25, 0.3) is 0 Å². The van der Waals surface area contributed by atoms with Crippen LogP contribution < -0.4 is 10.1 Å². The number of nitrogens with zero attached hydrogens (tertiary/aromatic N) is 1. The van der Waals surface area contributed by atoms with Gasteiger partial charge >= 0.3 is 0 Å². The van der Waals surface area contributed by atoms with Gasteiger partial charge in [-0.1, -0.05) is 25.4 Å². The molecule has 1 amide bonds. The minimum Gasteiger partial charge on any atom is -0.492 e. The van der Waals surface area contributed by atoms with E-state index in [0.717, 1.165) is 6.42 Å². The van der Waals surface area contributed by atoms with Crippen LogP contribution in [-0.4, -0.2) is 17.4 Å². The van der Waals surface area contributed by atoms with Crippen molar-refractivity contribution < 1.29 is 14.5 Å². The van der Waals surface area contributed by atoms with Crippen molar-refractivity contribution >= 4 is 44.8 Å². The Hall–Kier alpha value is -2.12. The third-order valence-electron chi connectivity index (χ3n) is 3.55. The number of carbonyl (C=O) groups is 1. The molecule has 8 heteroatoms. The number of nitro groups is 1. The van der Waals surface area contributed by atoms with E-state index >= 15 is 0 Å². The molecule has 2 rings (SSSR count). The minimum atomic E-state index is -0.599. The van der Waals surface area contributed by atoms with Gasteiger partial charge in [0.1, 0.15) is 10.8 Å². The number of halogens is 2. The van der Waals surface area contributed by atoms with E-state index < -0.39 is 10.8 Å². The Morgan fingerprint density at radius 2 is 2.04 bits per heavy atom. The molecule has 0 saturated carbocycles. The zero-order valence-electron chi connectivity index (χ0n) is 14.3. The molecule has 0 heterocycles. The van der Waals surface area contributed by atoms with E-state index in [1.165, 1.54) is 18.2 Å². The van der Waals surface area contributed by atoms with Crippen molar-refractivity contribution in [1.29, 1.82) is 0 Å². The molecule has 0 fully saturated rings. The van der Waals surface area contributed by atoms with Gasteiger partial charge in [0, 0.05) is 17.3 Å². The van der Waals surface area contributed by atoms with Gasteiger partial charge in [-0.3, -0.25) is 14.9 Å². The molecule has 26 heavy (non-hydrogen) atoms. The zero-order chi connectivity index (χ0) is 19.3. The predicted molar refractivity (Wildman–Crippen MR) is 105 cm³/mol. The molecule has 0 spiro atoms. The van der Waals surface area contributed by atoms with E-state index in [4.69, 9.17) is 16.3 Å². The van der Waals surface area contributed by atoms with Crippen LogP contribution in [-0.2, 0) is 0 Å². The summed E-state index contributed by atoms with van der Waals surface area (Å²) in [5.74, 6) is 0.808. The number of amides is 1. The second kappa shape index (κ2) is 9.00. The SMILES string of the molecule is CC(C)CCOc1ccc(C(=O)Nc2ccc(Cl)c([N+](=O)[O-])c2)cc1Br. The smallest absolute Gasteiger partial charge is 0.289 e. The van der Waals surface area contributed by atoms with Gasteiger partial charge in [-0.15, -0.1) is 0 Å². The first kappa shape index (κ1) is 20.2. The summed E-state index contributed by atoms with van der Waals surface area (Å²) >= 11 is 9.17. The lowest BCUT2D eigenvalue weighted by atomic mass is 10.1. The Morgan fingerprint density at radius 3 is 2.65 bits per heavy atom. The number of carbonyl (C=O) groups excluding carboxylic acids is 1. The van der Waals surface area contributed by atoms with Crippen LogP contribution in [0, 0.1) is 16.0 Å². The Morgan fingerprint density at radius 1 is 1.31 bits per heavy atom. The summed E-state index contributed by atoms with van der Waals surface area (Å²) < 4.78 is 6.35. The molecule has 138 valence electrons. The topological polar surface area (TPSA) is 81.5 Å². The van der Waals surface area contributed by atoms with Crippen molar-refractivity contribution in [2.24, 2.45) is 5.92 Å². The van der Waals surface area contributed by atoms with Gasteiger partial charge in [0.15, 0.2) is 0 Å². The number of hydrogen-bond acceptors (Lipinski definition) is 4. The summed E-state index contributed by atoms with van der Waals surface area (Å²) in [4.78, 5) is 22.7. The standard InChI is InChI=1S/C18H18BrClN2O4/c1-11(2)7-8-26-17-6-3-12(9-14(17)19)18(23)21-13-4-5-15(20)16(10-13)22(24)25/h3-6,9-11H,7-8H2,1-2H3,(H,21,23). The highest BCUT2D eigenvalue weighted by Crippen LogP contribution is 2.29. The maximum Gasteiger partial charge on any atom is 0.289 e. The number of nitro benzene ring substituents is 1. The molecule has 0 bridgehead atoms. The average Bonchev–Trinajstić information content (AvgIpc) is 2.57. The summed E-state index contributed by atoms with van der Waals surface area (Å²) in [7, 11) is 0. The summed E-state index contributed by atoms with van der Waals surface area (Å²) in [5, 5.41) is 13.6. The molecule has 0 aliphatic carbocycles. The second-order valence-electron chi connectivity index (χ2n) is 6.05. The molecular formula is C18H18BrClN2O4. The number of benzene rings is 2. The molecule has 2 aromatic rings. The van der Waals surface area contributed by atoms with Gasteiger partial charge in [-0.25, -0.2) is 0 Å². The van der Waals surface area contributed by atoms with Gasteiger partial charge in [0.2, 0.25) is 0 Å². The van der Waals surface area contributed by atoms with E-state index in [1.54, 1.807) is 18.2 Å². The normalized spacial score (nSPS) is 10.7. The number of hydrogen-bond donors (Lipinski definition) is 1. The summed E-state index contributed by atoms with van der Waals surface area (Å²) in [6, 6.07) is 9.09. The first-order chi connectivity index (χ1) is 12.3. The predicted octanol–water partition coefficient (Wildman–Crippen LogP) is 5.69. The van der Waals surface area contributed by atoms with Crippen LogP contribution in [0.5, 0.6) is 5.75 Å². The molecule has 0 atom stereocenters. The van der Waals surface area contributed by atoms with Gasteiger partial charge in [-0.05, 0) is 58.6 Å². The third kappa shape index (κ3) is 5.44. The van der Waals surface area contributed by atoms with Crippen molar-refractivity contribution in [3.05, 3.63) is 61.6 Å². The Labute approximate surface area is 164 Å². The van der Waals surface area contributed by atoms with E-state index in [0.29, 0.717) is 34.0 Å². The lowest BCUT2D eigenvalue weighted by Gasteiger charge is -2.11. The van der Waals surface area contributed by atoms with Crippen molar-refractivity contribution in [2.45, 2.75) is 20.3 Å². The van der Waals surface area contributed by atoms with Crippen LogP contribution in [0.2, 0.25) is 5.02 Å². The number of nitrogens with one attached hydrogen (secondary N) is 1. The lowest BCUT2D eigenvalue weighted by Crippen LogP contribution is -2.12. The molecule has 0 unspecified atom stereocenters. The molecular weight excluding hydrogens is 424 g/mol. The molecule has 6 nitrogen and oxygen atoms in total. The highest BCUT2D eigenvalue weighted by molar-refractivity contribution is 9.10. The highest BCUT2D eigenvalue weighted by Gasteiger charge is 2.15. The second-order valence-corrected chi connectivity index (χ2v) is 7.32. The van der Waals surface area contributed by atoms with Crippen LogP contribution in [0.3, 0.4) is 0 Å². The largest absolute Gasteiger partial charge is 0.492 e. The van der Waals surface area contributed by atoms with Gasteiger partial charge in [0.25, 0.3) is 11.6 Å². The van der Waals surface area contributed by atoms with Crippen LogP contribution in [0.15, 0.2) is 40.9 Å². The summed E-state index contributed by atoms with van der Waals surface area (Å²) in [6.07, 6.45) is 0.935. The van der Waals surface area contributed by atoms with E-state index in [2.05, 4.69) is 35.1 Å². The fourth-order valence-electron chi connectivity index (χ4n) is 2.10. The number of anilines is 1. The summed E-state index contributed by atoms with van der Waals surface area (Å²) in [5.41, 5.74) is 0.421. The van der Waals surface area contributed by atoms with Crippen molar-refractivity contribution in [3.8, 4) is 5.75 Å². The van der Waals surface area contributed by atoms with Crippen molar-refractivity contribution in [3.63, 3.8) is 0 Å². The molecule has 1 N–H and O–H groups in total. The minimum absolute atomic E-state index is 0.0126. The summed E-state index contributed by atoms with van der Waals surface area (Å²) in [6.45, 7) is 4.83. The molecule has 0 aliphatic heterocycles. The Kier molecular flexibility index (Phi) is 6.99. The molecule has 0 aromatic heterocycles. The quantitative estimate of drug-likeness (QED) is 0.442. The van der Waals surface area contributed by atoms with E-state index in [1.807, 2.05) is 0 Å². The van der Waals surface area contributed by atoms with Crippen LogP contribution >= 0.6 is 27.5 Å². The van der Waals surface area contributed by atoms with Gasteiger partial charge in [0.05, 0.1) is 16.0 Å². The van der Waals surface area contributed by atoms with E-state index in [-0.39, 0.29) is 10.7 Å².